The lowest BCUT2D eigenvalue weighted by molar-refractivity contribution is 0.102. The normalized spacial score (nSPS) is 10.8. The number of pyridine rings is 1. The maximum atomic E-state index is 13.3. The molecule has 0 saturated heterocycles. The average Bonchev–Trinajstić information content (AvgIpc) is 2.85. The Hall–Kier alpha value is -3.66. The molecule has 0 atom stereocenters. The van der Waals surface area contributed by atoms with Gasteiger partial charge in [0.05, 0.1) is 16.8 Å². The maximum absolute atomic E-state index is 13.3. The third kappa shape index (κ3) is 4.50. The Balaban J connectivity index is 1.67. The molecule has 0 aliphatic rings. The second-order valence-electron chi connectivity index (χ2n) is 7.80. The van der Waals surface area contributed by atoms with Crippen LogP contribution in [-0.4, -0.2) is 24.0 Å². The van der Waals surface area contributed by atoms with Crippen molar-refractivity contribution in [2.75, 3.05) is 23.3 Å². The van der Waals surface area contributed by atoms with Crippen LogP contribution in [0.25, 0.3) is 22.2 Å². The number of aromatic nitrogens is 1. The van der Waals surface area contributed by atoms with E-state index in [1.165, 1.54) is 5.56 Å². The number of carbonyl (C=O) groups excluding carboxylic acids is 1. The molecule has 0 spiro atoms. The Labute approximate surface area is 189 Å². The number of hydrogen-bond acceptors (Lipinski definition) is 3. The molecule has 4 aromatic rings. The van der Waals surface area contributed by atoms with Gasteiger partial charge in [0.25, 0.3) is 5.91 Å². The Morgan fingerprint density at radius 1 is 0.875 bits per heavy atom. The second-order valence-corrected chi connectivity index (χ2v) is 7.80. The van der Waals surface area contributed by atoms with Gasteiger partial charge in [-0.05, 0) is 62.2 Å². The highest BCUT2D eigenvalue weighted by Crippen LogP contribution is 2.26. The first kappa shape index (κ1) is 21.6. The zero-order chi connectivity index (χ0) is 22.5. The molecule has 162 valence electrons. The Kier molecular flexibility index (Phi) is 6.50. The number of hydrogen-bond donors (Lipinski definition) is 1. The summed E-state index contributed by atoms with van der Waals surface area (Å²) in [6.07, 6.45) is 0.992. The zero-order valence-electron chi connectivity index (χ0n) is 18.9. The molecule has 4 nitrogen and oxygen atoms in total. The standard InChI is InChI=1S/C28H29N3O/c1-4-20-11-13-21(14-12-20)27-19-25(24-9-7-8-10-26(24)30-27)28(32)29-22-15-17-23(18-16-22)31(5-2)6-3/h7-19H,4-6H2,1-3H3,(H,29,32). The molecule has 0 saturated carbocycles. The van der Waals surface area contributed by atoms with Gasteiger partial charge in [0.2, 0.25) is 0 Å². The van der Waals surface area contributed by atoms with Gasteiger partial charge >= 0.3 is 0 Å². The Morgan fingerprint density at radius 2 is 1.56 bits per heavy atom. The number of carbonyl (C=O) groups is 1. The van der Waals surface area contributed by atoms with Crippen molar-refractivity contribution in [3.05, 3.63) is 90.0 Å². The molecular weight excluding hydrogens is 394 g/mol. The number of anilines is 2. The van der Waals surface area contributed by atoms with Crippen LogP contribution < -0.4 is 10.2 Å². The predicted molar refractivity (Wildman–Crippen MR) is 135 cm³/mol. The molecule has 0 bridgehead atoms. The van der Waals surface area contributed by atoms with Gasteiger partial charge in [-0.25, -0.2) is 4.98 Å². The van der Waals surface area contributed by atoms with E-state index in [1.807, 2.05) is 54.6 Å². The van der Waals surface area contributed by atoms with Crippen molar-refractivity contribution in [2.24, 2.45) is 0 Å². The molecule has 0 fully saturated rings. The molecule has 0 aliphatic heterocycles. The summed E-state index contributed by atoms with van der Waals surface area (Å²) < 4.78 is 0. The molecule has 1 aromatic heterocycles. The smallest absolute Gasteiger partial charge is 0.256 e. The number of aryl methyl sites for hydroxylation is 1. The molecule has 4 rings (SSSR count). The SMILES string of the molecule is CCc1ccc(-c2cc(C(=O)Nc3ccc(N(CC)CC)cc3)c3ccccc3n2)cc1. The van der Waals surface area contributed by atoms with Crippen molar-refractivity contribution in [3.63, 3.8) is 0 Å². The third-order valence-corrected chi connectivity index (χ3v) is 5.87. The van der Waals surface area contributed by atoms with Crippen LogP contribution in [0.15, 0.2) is 78.9 Å². The molecule has 1 heterocycles. The molecule has 3 aromatic carbocycles. The number of nitrogens with one attached hydrogen (secondary N) is 1. The fourth-order valence-corrected chi connectivity index (χ4v) is 3.97. The highest BCUT2D eigenvalue weighted by molar-refractivity contribution is 6.13. The van der Waals surface area contributed by atoms with Crippen LogP contribution in [0, 0.1) is 0 Å². The van der Waals surface area contributed by atoms with Gasteiger partial charge in [-0.2, -0.15) is 0 Å². The monoisotopic (exact) mass is 423 g/mol. The van der Waals surface area contributed by atoms with Crippen molar-refractivity contribution in [1.82, 2.24) is 4.98 Å². The highest BCUT2D eigenvalue weighted by Gasteiger charge is 2.14. The highest BCUT2D eigenvalue weighted by atomic mass is 16.1. The first-order chi connectivity index (χ1) is 15.6. The number of amides is 1. The van der Waals surface area contributed by atoms with E-state index in [-0.39, 0.29) is 5.91 Å². The summed E-state index contributed by atoms with van der Waals surface area (Å²) in [6, 6.07) is 26.1. The Bertz CT molecular complexity index is 1210. The molecule has 0 radical (unpaired) electrons. The summed E-state index contributed by atoms with van der Waals surface area (Å²) in [4.78, 5) is 20.4. The van der Waals surface area contributed by atoms with Crippen LogP contribution in [0.3, 0.4) is 0 Å². The lowest BCUT2D eigenvalue weighted by Crippen LogP contribution is -2.21. The van der Waals surface area contributed by atoms with E-state index in [2.05, 4.69) is 55.3 Å². The van der Waals surface area contributed by atoms with Crippen LogP contribution >= 0.6 is 0 Å². The largest absolute Gasteiger partial charge is 0.372 e. The molecule has 0 aliphatic carbocycles. The van der Waals surface area contributed by atoms with Crippen LogP contribution in [0.4, 0.5) is 11.4 Å². The van der Waals surface area contributed by atoms with E-state index in [4.69, 9.17) is 4.98 Å². The molecule has 1 amide bonds. The fraction of sp³-hybridized carbons (Fsp3) is 0.214. The van der Waals surface area contributed by atoms with Crippen LogP contribution in [-0.2, 0) is 6.42 Å². The summed E-state index contributed by atoms with van der Waals surface area (Å²) in [6.45, 7) is 8.32. The summed E-state index contributed by atoms with van der Waals surface area (Å²) in [7, 11) is 0. The minimum atomic E-state index is -0.134. The number of nitrogens with zero attached hydrogens (tertiary/aromatic N) is 2. The summed E-state index contributed by atoms with van der Waals surface area (Å²) >= 11 is 0. The minimum Gasteiger partial charge on any atom is -0.372 e. The zero-order valence-corrected chi connectivity index (χ0v) is 18.9. The van der Waals surface area contributed by atoms with Gasteiger partial charge in [-0.15, -0.1) is 0 Å². The van der Waals surface area contributed by atoms with Gasteiger partial charge in [-0.1, -0.05) is 49.4 Å². The summed E-state index contributed by atoms with van der Waals surface area (Å²) in [5.74, 6) is -0.134. The first-order valence-electron chi connectivity index (χ1n) is 11.3. The number of fused-ring (bicyclic) bond motifs is 1. The van der Waals surface area contributed by atoms with Crippen LogP contribution in [0.1, 0.15) is 36.7 Å². The fourth-order valence-electron chi connectivity index (χ4n) is 3.97. The second kappa shape index (κ2) is 9.65. The van der Waals surface area contributed by atoms with Crippen LogP contribution in [0.5, 0.6) is 0 Å². The summed E-state index contributed by atoms with van der Waals surface area (Å²) in [5, 5.41) is 3.91. The van der Waals surface area contributed by atoms with Gasteiger partial charge in [-0.3, -0.25) is 4.79 Å². The van der Waals surface area contributed by atoms with E-state index in [9.17, 15) is 4.79 Å². The predicted octanol–water partition coefficient (Wildman–Crippen LogP) is 6.56. The van der Waals surface area contributed by atoms with Gasteiger partial charge < -0.3 is 10.2 Å². The maximum Gasteiger partial charge on any atom is 0.256 e. The summed E-state index contributed by atoms with van der Waals surface area (Å²) in [5.41, 5.74) is 6.45. The van der Waals surface area contributed by atoms with Crippen molar-refractivity contribution in [2.45, 2.75) is 27.2 Å². The number of para-hydroxylation sites is 1. The minimum absolute atomic E-state index is 0.134. The van der Waals surface area contributed by atoms with Gasteiger partial charge in [0.15, 0.2) is 0 Å². The van der Waals surface area contributed by atoms with Crippen molar-refractivity contribution in [3.8, 4) is 11.3 Å². The topological polar surface area (TPSA) is 45.2 Å². The molecule has 4 heteroatoms. The van der Waals surface area contributed by atoms with E-state index in [0.29, 0.717) is 5.56 Å². The van der Waals surface area contributed by atoms with E-state index >= 15 is 0 Å². The lowest BCUT2D eigenvalue weighted by atomic mass is 10.0. The molecule has 0 unspecified atom stereocenters. The number of rotatable bonds is 7. The van der Waals surface area contributed by atoms with Gasteiger partial charge in [0.1, 0.15) is 0 Å². The first-order valence-corrected chi connectivity index (χ1v) is 11.3. The number of benzene rings is 3. The van der Waals surface area contributed by atoms with Crippen molar-refractivity contribution in [1.29, 1.82) is 0 Å². The van der Waals surface area contributed by atoms with Crippen molar-refractivity contribution < 1.29 is 4.79 Å². The van der Waals surface area contributed by atoms with E-state index in [1.54, 1.807) is 0 Å². The molecular formula is C28H29N3O. The van der Waals surface area contributed by atoms with E-state index in [0.717, 1.165) is 53.0 Å². The third-order valence-electron chi connectivity index (χ3n) is 5.87. The van der Waals surface area contributed by atoms with E-state index < -0.39 is 0 Å². The van der Waals surface area contributed by atoms with Gasteiger partial charge in [0, 0.05) is 35.4 Å². The average molecular weight is 424 g/mol. The van der Waals surface area contributed by atoms with Crippen LogP contribution in [0.2, 0.25) is 0 Å². The lowest BCUT2D eigenvalue weighted by Gasteiger charge is -2.21. The quantitative estimate of drug-likeness (QED) is 0.366. The molecule has 1 N–H and O–H groups in total. The molecule has 32 heavy (non-hydrogen) atoms. The Morgan fingerprint density at radius 3 is 2.22 bits per heavy atom. The van der Waals surface area contributed by atoms with Crippen molar-refractivity contribution >= 4 is 28.2 Å².